The monoisotopic (exact) mass is 477 g/mol. The fourth-order valence-corrected chi connectivity index (χ4v) is 3.97. The molecular weight excluding hydrogens is 438 g/mol. The Morgan fingerprint density at radius 3 is 2.15 bits per heavy atom. The van der Waals surface area contributed by atoms with Crippen molar-refractivity contribution in [1.82, 2.24) is 15.5 Å². The van der Waals surface area contributed by atoms with Crippen LogP contribution in [0.3, 0.4) is 0 Å². The summed E-state index contributed by atoms with van der Waals surface area (Å²) in [6, 6.07) is 5.90. The number of nitrogens with one attached hydrogen (secondary N) is 2. The molecule has 7 nitrogen and oxygen atoms in total. The predicted octanol–water partition coefficient (Wildman–Crippen LogP) is 3.87. The van der Waals surface area contributed by atoms with Gasteiger partial charge in [0.25, 0.3) is 0 Å². The lowest BCUT2D eigenvalue weighted by atomic mass is 10.00. The summed E-state index contributed by atoms with van der Waals surface area (Å²) in [6.45, 7) is 13.2. The Hall–Kier alpha value is -2.22. The van der Waals surface area contributed by atoms with Crippen LogP contribution in [0.1, 0.15) is 72.1 Å². The largest absolute Gasteiger partial charge is 0.444 e. The molecule has 1 aromatic carbocycles. The van der Waals surface area contributed by atoms with Gasteiger partial charge in [0, 0.05) is 17.8 Å². The van der Waals surface area contributed by atoms with Gasteiger partial charge < -0.3 is 20.3 Å². The molecule has 1 aromatic rings. The van der Waals surface area contributed by atoms with Gasteiger partial charge in [-0.2, -0.15) is 12.6 Å². The van der Waals surface area contributed by atoms with E-state index in [1.807, 2.05) is 38.1 Å². The van der Waals surface area contributed by atoms with Crippen molar-refractivity contribution in [1.29, 1.82) is 0 Å². The number of rotatable bonds is 9. The van der Waals surface area contributed by atoms with E-state index >= 15 is 0 Å². The van der Waals surface area contributed by atoms with E-state index < -0.39 is 23.8 Å². The molecule has 4 atom stereocenters. The average molecular weight is 478 g/mol. The van der Waals surface area contributed by atoms with Crippen molar-refractivity contribution in [3.05, 3.63) is 35.4 Å². The first-order valence-electron chi connectivity index (χ1n) is 11.7. The number of carbonyl (C=O) groups excluding carboxylic acids is 3. The van der Waals surface area contributed by atoms with Crippen LogP contribution in [0.25, 0.3) is 0 Å². The van der Waals surface area contributed by atoms with Gasteiger partial charge in [0.05, 0.1) is 0 Å². The van der Waals surface area contributed by atoms with Crippen LogP contribution in [-0.2, 0) is 20.7 Å². The molecule has 0 bridgehead atoms. The van der Waals surface area contributed by atoms with E-state index in [0.717, 1.165) is 24.0 Å². The number of ether oxygens (including phenoxy) is 1. The summed E-state index contributed by atoms with van der Waals surface area (Å²) in [5.74, 6) is -0.228. The number of aryl methyl sites for hydroxylation is 1. The summed E-state index contributed by atoms with van der Waals surface area (Å²) in [6.07, 6.45) is 0.998. The summed E-state index contributed by atoms with van der Waals surface area (Å²) in [7, 11) is 0. The Morgan fingerprint density at radius 1 is 1.15 bits per heavy atom. The minimum Gasteiger partial charge on any atom is -0.444 e. The van der Waals surface area contributed by atoms with E-state index in [1.165, 1.54) is 0 Å². The summed E-state index contributed by atoms with van der Waals surface area (Å²) >= 11 is 4.32. The zero-order valence-corrected chi connectivity index (χ0v) is 21.7. The molecule has 0 aromatic heterocycles. The molecule has 2 N–H and O–H groups in total. The molecule has 1 saturated carbocycles. The van der Waals surface area contributed by atoms with Crippen LogP contribution in [0.5, 0.6) is 0 Å². The highest BCUT2D eigenvalue weighted by molar-refractivity contribution is 7.80. The van der Waals surface area contributed by atoms with E-state index in [0.29, 0.717) is 0 Å². The zero-order valence-electron chi connectivity index (χ0n) is 20.8. The lowest BCUT2D eigenvalue weighted by molar-refractivity contribution is -0.143. The number of alkyl carbamates (subject to hydrolysis) is 1. The fourth-order valence-electron chi connectivity index (χ4n) is 3.72. The smallest absolute Gasteiger partial charge is 0.408 e. The van der Waals surface area contributed by atoms with Crippen LogP contribution in [-0.4, -0.2) is 52.3 Å². The lowest BCUT2D eigenvalue weighted by Crippen LogP contribution is -2.55. The summed E-state index contributed by atoms with van der Waals surface area (Å²) in [4.78, 5) is 41.2. The van der Waals surface area contributed by atoms with Gasteiger partial charge in [0.1, 0.15) is 17.7 Å². The highest BCUT2D eigenvalue weighted by atomic mass is 32.1. The minimum atomic E-state index is -0.916. The second-order valence-electron chi connectivity index (χ2n) is 10.1. The Bertz CT molecular complexity index is 835. The van der Waals surface area contributed by atoms with Gasteiger partial charge in [-0.25, -0.2) is 4.79 Å². The molecule has 3 amide bonds. The van der Waals surface area contributed by atoms with Crippen LogP contribution in [0.2, 0.25) is 0 Å². The van der Waals surface area contributed by atoms with Crippen LogP contribution in [0.4, 0.5) is 4.79 Å². The summed E-state index contributed by atoms with van der Waals surface area (Å²) in [5.41, 5.74) is 1.20. The molecule has 33 heavy (non-hydrogen) atoms. The second-order valence-corrected chi connectivity index (χ2v) is 10.4. The molecule has 0 spiro atoms. The number of thiol groups is 1. The number of amides is 3. The molecule has 0 radical (unpaired) electrons. The van der Waals surface area contributed by atoms with Crippen LogP contribution in [0, 0.1) is 5.92 Å². The third kappa shape index (κ3) is 7.66. The van der Waals surface area contributed by atoms with Crippen molar-refractivity contribution in [2.75, 3.05) is 5.75 Å². The fraction of sp³-hybridized carbons (Fsp3) is 0.640. The molecule has 0 aliphatic heterocycles. The van der Waals surface area contributed by atoms with E-state index in [-0.39, 0.29) is 35.6 Å². The molecule has 0 saturated heterocycles. The molecule has 1 aliphatic carbocycles. The summed E-state index contributed by atoms with van der Waals surface area (Å²) < 4.78 is 5.33. The molecule has 4 unspecified atom stereocenters. The molecule has 8 heteroatoms. The predicted molar refractivity (Wildman–Crippen MR) is 133 cm³/mol. The first-order valence-corrected chi connectivity index (χ1v) is 12.3. The molecule has 2 rings (SSSR count). The van der Waals surface area contributed by atoms with Crippen LogP contribution in [0.15, 0.2) is 24.3 Å². The quantitative estimate of drug-likeness (QED) is 0.471. The maximum absolute atomic E-state index is 13.8. The lowest BCUT2D eigenvalue weighted by Gasteiger charge is -2.35. The van der Waals surface area contributed by atoms with Crippen molar-refractivity contribution in [3.8, 4) is 0 Å². The zero-order chi connectivity index (χ0) is 24.9. The van der Waals surface area contributed by atoms with Gasteiger partial charge in [-0.15, -0.1) is 0 Å². The number of carbonyl (C=O) groups is 3. The van der Waals surface area contributed by atoms with E-state index in [4.69, 9.17) is 4.74 Å². The van der Waals surface area contributed by atoms with Crippen LogP contribution < -0.4 is 10.6 Å². The molecule has 0 heterocycles. The third-order valence-corrected chi connectivity index (χ3v) is 5.88. The molecule has 1 aliphatic rings. The van der Waals surface area contributed by atoms with Crippen molar-refractivity contribution >= 4 is 30.5 Å². The maximum atomic E-state index is 13.8. The first kappa shape index (κ1) is 27.0. The first-order chi connectivity index (χ1) is 15.4. The van der Waals surface area contributed by atoms with Gasteiger partial charge in [0.2, 0.25) is 11.8 Å². The number of benzene rings is 1. The summed E-state index contributed by atoms with van der Waals surface area (Å²) in [5, 5.41) is 5.61. The van der Waals surface area contributed by atoms with Gasteiger partial charge >= 0.3 is 6.09 Å². The van der Waals surface area contributed by atoms with Gasteiger partial charge in [-0.1, -0.05) is 38.1 Å². The molecule has 1 fully saturated rings. The standard InChI is InChI=1S/C25H39N3O4S/c1-8-17-9-11-18(12-10-17)21(22(29)26-15(2)3)28(20-13-16(20)4)23(30)19(14-33)27-24(31)32-25(5,6)7/h9-12,15-16,19-21,33H,8,13-14H2,1-7H3,(H,26,29)(H,27,31). The number of nitrogens with zero attached hydrogens (tertiary/aromatic N) is 1. The normalized spacial score (nSPS) is 19.4. The van der Waals surface area contributed by atoms with Crippen molar-refractivity contribution in [3.63, 3.8) is 0 Å². The Kier molecular flexibility index (Phi) is 9.23. The Labute approximate surface area is 203 Å². The average Bonchev–Trinajstić information content (AvgIpc) is 3.43. The Morgan fingerprint density at radius 2 is 1.73 bits per heavy atom. The van der Waals surface area contributed by atoms with Gasteiger partial charge in [-0.3, -0.25) is 9.59 Å². The van der Waals surface area contributed by atoms with E-state index in [2.05, 4.69) is 37.1 Å². The third-order valence-electron chi connectivity index (χ3n) is 5.51. The van der Waals surface area contributed by atoms with E-state index in [1.54, 1.807) is 25.7 Å². The topological polar surface area (TPSA) is 87.7 Å². The van der Waals surface area contributed by atoms with Crippen molar-refractivity contribution in [2.24, 2.45) is 5.92 Å². The minimum absolute atomic E-state index is 0.0796. The number of hydrogen-bond acceptors (Lipinski definition) is 5. The van der Waals surface area contributed by atoms with Crippen molar-refractivity contribution < 1.29 is 19.1 Å². The number of hydrogen-bond donors (Lipinski definition) is 3. The van der Waals surface area contributed by atoms with Gasteiger partial charge in [-0.05, 0) is 64.5 Å². The van der Waals surface area contributed by atoms with E-state index in [9.17, 15) is 14.4 Å². The second kappa shape index (κ2) is 11.3. The Balaban J connectivity index is 2.41. The van der Waals surface area contributed by atoms with Crippen LogP contribution >= 0.6 is 12.6 Å². The SMILES string of the molecule is CCc1ccc(C(C(=O)NC(C)C)N(C(=O)C(CS)NC(=O)OC(C)(C)C)C2CC2C)cc1. The maximum Gasteiger partial charge on any atom is 0.408 e. The highest BCUT2D eigenvalue weighted by Crippen LogP contribution is 2.40. The molecule has 184 valence electrons. The van der Waals surface area contributed by atoms with Gasteiger partial charge in [0.15, 0.2) is 0 Å². The molecular formula is C25H39N3O4S. The highest BCUT2D eigenvalue weighted by Gasteiger charge is 2.48. The van der Waals surface area contributed by atoms with Crippen molar-refractivity contribution in [2.45, 2.75) is 91.1 Å².